The molecule has 4 rings (SSSR count). The first-order valence-electron chi connectivity index (χ1n) is 9.95. The highest BCUT2D eigenvalue weighted by Crippen LogP contribution is 2.34. The molecule has 0 radical (unpaired) electrons. The standard InChI is InChI=1S/C26H22ClNO2/c1-2-22-24(19-12-7-4-8-13-19)28(21-15-9-14-20(27)17-21)26(30)23(25(22)29)16-18-10-5-3-6-11-18/h3-15,17,29H,2,16H2,1H3. The molecule has 1 N–H and O–H groups in total. The van der Waals surface area contributed by atoms with Crippen LogP contribution in [0.2, 0.25) is 5.02 Å². The Bertz CT molecular complexity index is 1230. The van der Waals surface area contributed by atoms with E-state index in [1.165, 1.54) is 0 Å². The van der Waals surface area contributed by atoms with Gasteiger partial charge in [-0.15, -0.1) is 0 Å². The number of benzene rings is 3. The molecule has 0 atom stereocenters. The van der Waals surface area contributed by atoms with Gasteiger partial charge >= 0.3 is 0 Å². The van der Waals surface area contributed by atoms with Crippen molar-refractivity contribution in [3.8, 4) is 22.7 Å². The van der Waals surface area contributed by atoms with Crippen LogP contribution in [0.25, 0.3) is 16.9 Å². The summed E-state index contributed by atoms with van der Waals surface area (Å²) in [5, 5.41) is 11.7. The van der Waals surface area contributed by atoms with Crippen molar-refractivity contribution in [3.63, 3.8) is 0 Å². The fourth-order valence-corrected chi connectivity index (χ4v) is 4.01. The highest BCUT2D eigenvalue weighted by atomic mass is 35.5. The van der Waals surface area contributed by atoms with Gasteiger partial charge in [-0.2, -0.15) is 0 Å². The van der Waals surface area contributed by atoms with Gasteiger partial charge in [-0.3, -0.25) is 9.36 Å². The van der Waals surface area contributed by atoms with E-state index in [-0.39, 0.29) is 11.3 Å². The summed E-state index contributed by atoms with van der Waals surface area (Å²) in [5.41, 5.74) is 4.10. The molecule has 0 bridgehead atoms. The molecule has 0 unspecified atom stereocenters. The summed E-state index contributed by atoms with van der Waals surface area (Å²) < 4.78 is 1.68. The van der Waals surface area contributed by atoms with E-state index in [2.05, 4.69) is 0 Å². The predicted octanol–water partition coefficient (Wildman–Crippen LogP) is 6.02. The Kier molecular flexibility index (Phi) is 5.73. The van der Waals surface area contributed by atoms with Crippen LogP contribution in [0.3, 0.4) is 0 Å². The van der Waals surface area contributed by atoms with Gasteiger partial charge in [-0.05, 0) is 35.7 Å². The summed E-state index contributed by atoms with van der Waals surface area (Å²) in [7, 11) is 0. The molecular formula is C26H22ClNO2. The molecule has 0 aliphatic heterocycles. The highest BCUT2D eigenvalue weighted by Gasteiger charge is 2.22. The minimum Gasteiger partial charge on any atom is -0.507 e. The fourth-order valence-electron chi connectivity index (χ4n) is 3.82. The van der Waals surface area contributed by atoms with Crippen molar-refractivity contribution in [2.45, 2.75) is 19.8 Å². The van der Waals surface area contributed by atoms with Crippen molar-refractivity contribution in [2.75, 3.05) is 0 Å². The zero-order valence-corrected chi connectivity index (χ0v) is 17.4. The Morgan fingerprint density at radius 3 is 2.17 bits per heavy atom. The smallest absolute Gasteiger partial charge is 0.262 e. The van der Waals surface area contributed by atoms with Crippen LogP contribution < -0.4 is 5.56 Å². The highest BCUT2D eigenvalue weighted by molar-refractivity contribution is 6.30. The van der Waals surface area contributed by atoms with E-state index in [9.17, 15) is 9.90 Å². The summed E-state index contributed by atoms with van der Waals surface area (Å²) >= 11 is 6.26. The third-order valence-corrected chi connectivity index (χ3v) is 5.47. The SMILES string of the molecule is CCc1c(O)c(Cc2ccccc2)c(=O)n(-c2cccc(Cl)c2)c1-c1ccccc1. The van der Waals surface area contributed by atoms with Crippen LogP contribution in [-0.2, 0) is 12.8 Å². The van der Waals surface area contributed by atoms with Gasteiger partial charge in [-0.1, -0.05) is 85.3 Å². The number of nitrogens with zero attached hydrogens (tertiary/aromatic N) is 1. The molecule has 0 fully saturated rings. The van der Waals surface area contributed by atoms with E-state index in [0.717, 1.165) is 16.7 Å². The van der Waals surface area contributed by atoms with Crippen LogP contribution in [0, 0.1) is 0 Å². The number of halogens is 1. The normalized spacial score (nSPS) is 10.9. The molecule has 4 aromatic rings. The van der Waals surface area contributed by atoms with Gasteiger partial charge in [0.1, 0.15) is 5.75 Å². The summed E-state index contributed by atoms with van der Waals surface area (Å²) in [6.45, 7) is 1.99. The molecular weight excluding hydrogens is 394 g/mol. The molecule has 3 nitrogen and oxygen atoms in total. The zero-order valence-electron chi connectivity index (χ0n) is 16.7. The van der Waals surface area contributed by atoms with Crippen molar-refractivity contribution in [1.29, 1.82) is 0 Å². The third kappa shape index (κ3) is 3.77. The molecule has 3 aromatic carbocycles. The maximum absolute atomic E-state index is 13.7. The molecule has 0 aliphatic carbocycles. The second-order valence-corrected chi connectivity index (χ2v) is 7.59. The van der Waals surface area contributed by atoms with Crippen molar-refractivity contribution >= 4 is 11.6 Å². The number of aromatic hydroxyl groups is 1. The summed E-state index contributed by atoms with van der Waals surface area (Å²) in [6, 6.07) is 26.6. The van der Waals surface area contributed by atoms with Gasteiger partial charge < -0.3 is 5.11 Å². The predicted molar refractivity (Wildman–Crippen MR) is 123 cm³/mol. The first kappa shape index (κ1) is 20.0. The van der Waals surface area contributed by atoms with Crippen LogP contribution >= 0.6 is 11.6 Å². The average Bonchev–Trinajstić information content (AvgIpc) is 2.77. The lowest BCUT2D eigenvalue weighted by molar-refractivity contribution is 0.460. The molecule has 1 heterocycles. The molecule has 0 saturated heterocycles. The molecule has 0 saturated carbocycles. The van der Waals surface area contributed by atoms with Gasteiger partial charge in [0.25, 0.3) is 5.56 Å². The lowest BCUT2D eigenvalue weighted by atomic mass is 9.96. The van der Waals surface area contributed by atoms with E-state index >= 15 is 0 Å². The maximum Gasteiger partial charge on any atom is 0.262 e. The van der Waals surface area contributed by atoms with Gasteiger partial charge in [0.2, 0.25) is 0 Å². The van der Waals surface area contributed by atoms with E-state index in [0.29, 0.717) is 34.8 Å². The van der Waals surface area contributed by atoms with Crippen LogP contribution in [0.1, 0.15) is 23.6 Å². The molecule has 0 aliphatic rings. The van der Waals surface area contributed by atoms with Gasteiger partial charge in [0, 0.05) is 17.0 Å². The quantitative estimate of drug-likeness (QED) is 0.433. The Balaban J connectivity index is 2.06. The summed E-state index contributed by atoms with van der Waals surface area (Å²) in [6.07, 6.45) is 0.937. The minimum absolute atomic E-state index is 0.0727. The van der Waals surface area contributed by atoms with E-state index in [1.807, 2.05) is 79.7 Å². The first-order valence-corrected chi connectivity index (χ1v) is 10.3. The monoisotopic (exact) mass is 415 g/mol. The molecule has 4 heteroatoms. The Morgan fingerprint density at radius 1 is 0.867 bits per heavy atom. The molecule has 0 amide bonds. The van der Waals surface area contributed by atoms with Crippen LogP contribution in [0.15, 0.2) is 89.7 Å². The van der Waals surface area contributed by atoms with Crippen LogP contribution in [0.4, 0.5) is 0 Å². The van der Waals surface area contributed by atoms with Crippen molar-refractivity contribution < 1.29 is 5.11 Å². The third-order valence-electron chi connectivity index (χ3n) is 5.23. The molecule has 1 aromatic heterocycles. The second kappa shape index (κ2) is 8.60. The van der Waals surface area contributed by atoms with E-state index in [4.69, 9.17) is 11.6 Å². The Hall–Kier alpha value is -3.30. The Morgan fingerprint density at radius 2 is 1.53 bits per heavy atom. The summed E-state index contributed by atoms with van der Waals surface area (Å²) in [4.78, 5) is 13.7. The van der Waals surface area contributed by atoms with Gasteiger partial charge in [0.15, 0.2) is 0 Å². The van der Waals surface area contributed by atoms with E-state index < -0.39 is 0 Å². The number of rotatable bonds is 5. The van der Waals surface area contributed by atoms with Crippen LogP contribution in [0.5, 0.6) is 5.75 Å². The minimum atomic E-state index is -0.241. The fraction of sp³-hybridized carbons (Fsp3) is 0.115. The topological polar surface area (TPSA) is 42.2 Å². The van der Waals surface area contributed by atoms with Gasteiger partial charge in [-0.25, -0.2) is 0 Å². The number of pyridine rings is 1. The second-order valence-electron chi connectivity index (χ2n) is 7.16. The van der Waals surface area contributed by atoms with Crippen LogP contribution in [-0.4, -0.2) is 9.67 Å². The number of hydrogen-bond acceptors (Lipinski definition) is 2. The lowest BCUT2D eigenvalue weighted by Gasteiger charge is -2.21. The molecule has 150 valence electrons. The average molecular weight is 416 g/mol. The van der Waals surface area contributed by atoms with Crippen molar-refractivity contribution in [2.24, 2.45) is 0 Å². The molecule has 30 heavy (non-hydrogen) atoms. The maximum atomic E-state index is 13.7. The largest absolute Gasteiger partial charge is 0.507 e. The zero-order chi connectivity index (χ0) is 21.1. The van der Waals surface area contributed by atoms with Crippen molar-refractivity contribution in [1.82, 2.24) is 4.57 Å². The summed E-state index contributed by atoms with van der Waals surface area (Å²) in [5.74, 6) is 0.0727. The first-order chi connectivity index (χ1) is 14.6. The van der Waals surface area contributed by atoms with E-state index in [1.54, 1.807) is 16.7 Å². The molecule has 0 spiro atoms. The Labute approximate surface area is 180 Å². The number of hydrogen-bond donors (Lipinski definition) is 1. The van der Waals surface area contributed by atoms with Crippen molar-refractivity contribution in [3.05, 3.63) is 117 Å². The lowest BCUT2D eigenvalue weighted by Crippen LogP contribution is -2.26. The van der Waals surface area contributed by atoms with Gasteiger partial charge in [0.05, 0.1) is 16.9 Å². The number of aromatic nitrogens is 1.